The van der Waals surface area contributed by atoms with Gasteiger partial charge in [0.15, 0.2) is 0 Å². The van der Waals surface area contributed by atoms with Crippen molar-refractivity contribution >= 4 is 34.0 Å². The summed E-state index contributed by atoms with van der Waals surface area (Å²) in [5.41, 5.74) is 1.88. The number of methoxy groups -OCH3 is 2. The normalized spacial score (nSPS) is 11.0. The highest BCUT2D eigenvalue weighted by atomic mass is 35.5. The van der Waals surface area contributed by atoms with E-state index in [9.17, 15) is 8.78 Å². The third-order valence-electron chi connectivity index (χ3n) is 4.92. The van der Waals surface area contributed by atoms with Crippen molar-refractivity contribution in [2.75, 3.05) is 14.2 Å². The summed E-state index contributed by atoms with van der Waals surface area (Å²) in [7, 11) is 3.03. The van der Waals surface area contributed by atoms with Crippen LogP contribution in [-0.4, -0.2) is 14.2 Å². The summed E-state index contributed by atoms with van der Waals surface area (Å²) in [5, 5.41) is 2.20. The van der Waals surface area contributed by atoms with Gasteiger partial charge in [-0.05, 0) is 71.4 Å². The molecular weight excluding hydrogens is 429 g/mol. The van der Waals surface area contributed by atoms with Crippen LogP contribution in [0.4, 0.5) is 8.78 Å². The first kappa shape index (κ1) is 20.5. The average molecular weight is 445 g/mol. The van der Waals surface area contributed by atoms with E-state index < -0.39 is 11.6 Å². The number of benzene rings is 4. The maximum Gasteiger partial charge on any atom is 0.132 e. The summed E-state index contributed by atoms with van der Waals surface area (Å²) in [6.45, 7) is 0. The molecule has 6 heteroatoms. The third-order valence-corrected chi connectivity index (χ3v) is 5.39. The smallest absolute Gasteiger partial charge is 0.132 e. The van der Waals surface area contributed by atoms with E-state index in [4.69, 9.17) is 32.7 Å². The van der Waals surface area contributed by atoms with Gasteiger partial charge in [-0.3, -0.25) is 0 Å². The fourth-order valence-corrected chi connectivity index (χ4v) is 3.80. The summed E-state index contributed by atoms with van der Waals surface area (Å²) in [4.78, 5) is 0. The lowest BCUT2D eigenvalue weighted by atomic mass is 9.95. The van der Waals surface area contributed by atoms with E-state index in [1.807, 2.05) is 12.1 Å². The van der Waals surface area contributed by atoms with Crippen LogP contribution in [0.2, 0.25) is 10.0 Å². The van der Waals surface area contributed by atoms with Crippen molar-refractivity contribution in [3.05, 3.63) is 82.3 Å². The molecule has 0 aliphatic rings. The fraction of sp³-hybridized carbons (Fsp3) is 0.0833. The average Bonchev–Trinajstić information content (AvgIpc) is 2.72. The molecule has 0 aliphatic heterocycles. The second-order valence-corrected chi connectivity index (χ2v) is 7.57. The van der Waals surface area contributed by atoms with Gasteiger partial charge in [0.05, 0.1) is 14.2 Å². The monoisotopic (exact) mass is 444 g/mol. The van der Waals surface area contributed by atoms with Gasteiger partial charge in [0, 0.05) is 32.3 Å². The molecule has 0 spiro atoms. The van der Waals surface area contributed by atoms with Crippen LogP contribution in [0.25, 0.3) is 33.0 Å². The molecule has 0 saturated heterocycles. The van der Waals surface area contributed by atoms with Crippen molar-refractivity contribution in [2.24, 2.45) is 0 Å². The zero-order valence-corrected chi connectivity index (χ0v) is 17.6. The molecule has 0 heterocycles. The predicted molar refractivity (Wildman–Crippen MR) is 118 cm³/mol. The maximum absolute atomic E-state index is 14.5. The molecule has 0 amide bonds. The van der Waals surface area contributed by atoms with Crippen LogP contribution in [0.3, 0.4) is 0 Å². The Morgan fingerprint density at radius 2 is 0.967 bits per heavy atom. The van der Waals surface area contributed by atoms with Gasteiger partial charge in [0.2, 0.25) is 0 Å². The van der Waals surface area contributed by atoms with E-state index in [1.54, 1.807) is 36.4 Å². The lowest BCUT2D eigenvalue weighted by Gasteiger charge is -2.15. The molecular formula is C24H16Cl2F2O2. The Bertz CT molecular complexity index is 1170. The summed E-state index contributed by atoms with van der Waals surface area (Å²) >= 11 is 11.8. The zero-order chi connectivity index (χ0) is 21.4. The van der Waals surface area contributed by atoms with Gasteiger partial charge in [-0.15, -0.1) is 0 Å². The van der Waals surface area contributed by atoms with E-state index in [0.717, 1.165) is 10.8 Å². The van der Waals surface area contributed by atoms with Gasteiger partial charge < -0.3 is 9.47 Å². The van der Waals surface area contributed by atoms with Gasteiger partial charge in [0.1, 0.15) is 23.1 Å². The topological polar surface area (TPSA) is 18.5 Å². The highest BCUT2D eigenvalue weighted by Gasteiger charge is 2.17. The molecule has 0 unspecified atom stereocenters. The third kappa shape index (κ3) is 3.69. The molecule has 0 atom stereocenters. The van der Waals surface area contributed by atoms with E-state index in [2.05, 4.69) is 0 Å². The largest absolute Gasteiger partial charge is 0.496 e. The molecule has 0 aliphatic carbocycles. The van der Waals surface area contributed by atoms with Crippen LogP contribution < -0.4 is 9.47 Å². The maximum atomic E-state index is 14.5. The molecule has 4 rings (SSSR count). The van der Waals surface area contributed by atoms with Crippen LogP contribution >= 0.6 is 23.2 Å². The van der Waals surface area contributed by atoms with E-state index in [0.29, 0.717) is 43.8 Å². The fourth-order valence-electron chi connectivity index (χ4n) is 3.48. The molecule has 30 heavy (non-hydrogen) atoms. The summed E-state index contributed by atoms with van der Waals surface area (Å²) in [6.07, 6.45) is 0. The molecule has 0 N–H and O–H groups in total. The Balaban J connectivity index is 1.96. The molecule has 4 aromatic rings. The molecule has 0 saturated carbocycles. The van der Waals surface area contributed by atoms with Crippen LogP contribution in [-0.2, 0) is 0 Å². The SMILES string of the molecule is COc1cc2cc(-c3ccc(Cl)cc3F)c(OC)cc2cc1-c1ccc(Cl)cc1F. The van der Waals surface area contributed by atoms with Gasteiger partial charge >= 0.3 is 0 Å². The van der Waals surface area contributed by atoms with Crippen LogP contribution in [0.1, 0.15) is 0 Å². The Morgan fingerprint density at radius 1 is 0.567 bits per heavy atom. The predicted octanol–water partition coefficient (Wildman–Crippen LogP) is 7.78. The standard InChI is InChI=1S/C24H16Cl2F2O2/c1-29-23-9-13-8-20(18-6-4-16(26)12-22(18)28)24(30-2)10-14(13)7-19(23)17-5-3-15(25)11-21(17)27/h3-12H,1-2H3. The van der Waals surface area contributed by atoms with Gasteiger partial charge in [-0.1, -0.05) is 23.2 Å². The first-order chi connectivity index (χ1) is 14.4. The Hall–Kier alpha value is -2.82. The quantitative estimate of drug-likeness (QED) is 0.319. The van der Waals surface area contributed by atoms with Gasteiger partial charge in [-0.25, -0.2) is 8.78 Å². The highest BCUT2D eigenvalue weighted by Crippen LogP contribution is 2.41. The summed E-state index contributed by atoms with van der Waals surface area (Å²) < 4.78 is 40.1. The molecule has 2 nitrogen and oxygen atoms in total. The Morgan fingerprint density at radius 3 is 1.30 bits per heavy atom. The minimum absolute atomic E-state index is 0.312. The van der Waals surface area contributed by atoms with Crippen molar-refractivity contribution in [2.45, 2.75) is 0 Å². The van der Waals surface area contributed by atoms with Gasteiger partial charge in [-0.2, -0.15) is 0 Å². The number of hydrogen-bond acceptors (Lipinski definition) is 2. The number of fused-ring (bicyclic) bond motifs is 1. The number of hydrogen-bond donors (Lipinski definition) is 0. The Kier molecular flexibility index (Phi) is 5.54. The lowest BCUT2D eigenvalue weighted by Crippen LogP contribution is -1.94. The molecule has 0 aromatic heterocycles. The molecule has 0 bridgehead atoms. The molecule has 152 valence electrons. The van der Waals surface area contributed by atoms with Crippen LogP contribution in [0.5, 0.6) is 11.5 Å². The number of halogens is 4. The minimum atomic E-state index is -0.452. The number of ether oxygens (including phenoxy) is 2. The lowest BCUT2D eigenvalue weighted by molar-refractivity contribution is 0.415. The van der Waals surface area contributed by atoms with Crippen LogP contribution in [0.15, 0.2) is 60.7 Å². The minimum Gasteiger partial charge on any atom is -0.496 e. The van der Waals surface area contributed by atoms with E-state index in [-0.39, 0.29) is 0 Å². The first-order valence-corrected chi connectivity index (χ1v) is 9.77. The first-order valence-electron chi connectivity index (χ1n) is 9.02. The van der Waals surface area contributed by atoms with E-state index in [1.165, 1.54) is 26.4 Å². The zero-order valence-electron chi connectivity index (χ0n) is 16.1. The van der Waals surface area contributed by atoms with Crippen molar-refractivity contribution in [3.63, 3.8) is 0 Å². The second kappa shape index (κ2) is 8.13. The Labute approximate surface area is 182 Å². The second-order valence-electron chi connectivity index (χ2n) is 6.70. The van der Waals surface area contributed by atoms with Gasteiger partial charge in [0.25, 0.3) is 0 Å². The van der Waals surface area contributed by atoms with Crippen LogP contribution in [0, 0.1) is 11.6 Å². The number of rotatable bonds is 4. The van der Waals surface area contributed by atoms with Crippen molar-refractivity contribution in [1.82, 2.24) is 0 Å². The molecule has 0 radical (unpaired) electrons. The van der Waals surface area contributed by atoms with Crippen molar-refractivity contribution in [3.8, 4) is 33.8 Å². The van der Waals surface area contributed by atoms with Crippen molar-refractivity contribution < 1.29 is 18.3 Å². The van der Waals surface area contributed by atoms with Crippen molar-refractivity contribution in [1.29, 1.82) is 0 Å². The molecule has 0 fully saturated rings. The molecule has 4 aromatic carbocycles. The highest BCUT2D eigenvalue weighted by molar-refractivity contribution is 6.31. The summed E-state index contributed by atoms with van der Waals surface area (Å²) in [5.74, 6) is 0.0618. The summed E-state index contributed by atoms with van der Waals surface area (Å²) in [6, 6.07) is 16.2. The van der Waals surface area contributed by atoms with E-state index >= 15 is 0 Å².